The van der Waals surface area contributed by atoms with Crippen molar-refractivity contribution in [2.24, 2.45) is 0 Å². The molecule has 2 fully saturated rings. The second kappa shape index (κ2) is 7.74. The summed E-state index contributed by atoms with van der Waals surface area (Å²) in [5, 5.41) is 15.7. The molecule has 0 bridgehead atoms. The summed E-state index contributed by atoms with van der Waals surface area (Å²) >= 11 is 0. The van der Waals surface area contributed by atoms with E-state index in [0.29, 0.717) is 18.3 Å². The number of fused-ring (bicyclic) bond motifs is 1. The van der Waals surface area contributed by atoms with Gasteiger partial charge >= 0.3 is 0 Å². The molecule has 144 valence electrons. The maximum absolute atomic E-state index is 12.0. The number of quaternary nitrogens is 2. The lowest BCUT2D eigenvalue weighted by atomic mass is 10.0. The Kier molecular flexibility index (Phi) is 5.18. The standard InChI is InChI=1S/C21H27N3O3/c1-27-17-6-2-15-3-7-20(25)19(18(15)12-17)13-23-8-10-24(11-9-23)14-21(26)22-16-4-5-16/h2-3,6-7,12,16,25H,4-5,8-11,13-14H2,1H3,(H,22,26)/p+2. The normalized spacial score (nSPS) is 22.6. The lowest BCUT2D eigenvalue weighted by Gasteiger charge is -2.29. The molecule has 0 spiro atoms. The van der Waals surface area contributed by atoms with Crippen LogP contribution in [0.25, 0.3) is 10.8 Å². The molecule has 1 amide bonds. The monoisotopic (exact) mass is 371 g/mol. The number of methoxy groups -OCH3 is 1. The number of carbonyl (C=O) groups is 1. The van der Waals surface area contributed by atoms with Gasteiger partial charge in [0.05, 0.1) is 12.7 Å². The lowest BCUT2D eigenvalue weighted by molar-refractivity contribution is -1.02. The van der Waals surface area contributed by atoms with Crippen LogP contribution < -0.4 is 19.9 Å². The van der Waals surface area contributed by atoms with Crippen molar-refractivity contribution in [2.45, 2.75) is 25.4 Å². The molecule has 6 heteroatoms. The summed E-state index contributed by atoms with van der Waals surface area (Å²) in [7, 11) is 1.66. The topological polar surface area (TPSA) is 67.4 Å². The first-order valence-electron chi connectivity index (χ1n) is 9.87. The maximum Gasteiger partial charge on any atom is 0.275 e. The summed E-state index contributed by atoms with van der Waals surface area (Å²) in [6, 6.07) is 10.2. The number of piperazine rings is 1. The van der Waals surface area contributed by atoms with Crippen LogP contribution in [-0.2, 0) is 11.3 Å². The Balaban J connectivity index is 1.39. The van der Waals surface area contributed by atoms with E-state index in [1.54, 1.807) is 13.2 Å². The smallest absolute Gasteiger partial charge is 0.275 e. The van der Waals surface area contributed by atoms with Crippen LogP contribution in [0.2, 0.25) is 0 Å². The molecule has 0 atom stereocenters. The van der Waals surface area contributed by atoms with Gasteiger partial charge in [-0.3, -0.25) is 4.79 Å². The van der Waals surface area contributed by atoms with Gasteiger partial charge in [-0.05, 0) is 41.8 Å². The highest BCUT2D eigenvalue weighted by molar-refractivity contribution is 5.88. The Morgan fingerprint density at radius 2 is 1.85 bits per heavy atom. The van der Waals surface area contributed by atoms with Crippen molar-refractivity contribution >= 4 is 16.7 Å². The van der Waals surface area contributed by atoms with Crippen molar-refractivity contribution in [3.8, 4) is 11.5 Å². The Bertz CT molecular complexity index is 827. The summed E-state index contributed by atoms with van der Waals surface area (Å²) in [6.45, 7) is 5.36. The quantitative estimate of drug-likeness (QED) is 0.533. The van der Waals surface area contributed by atoms with Crippen LogP contribution in [0.1, 0.15) is 18.4 Å². The van der Waals surface area contributed by atoms with E-state index in [1.165, 1.54) is 9.80 Å². The summed E-state index contributed by atoms with van der Waals surface area (Å²) in [6.07, 6.45) is 2.27. The molecule has 1 aliphatic heterocycles. The number of phenols is 1. The van der Waals surface area contributed by atoms with Gasteiger partial charge < -0.3 is 25.0 Å². The summed E-state index contributed by atoms with van der Waals surface area (Å²) < 4.78 is 5.36. The highest BCUT2D eigenvalue weighted by Gasteiger charge is 2.28. The first kappa shape index (κ1) is 18.1. The van der Waals surface area contributed by atoms with E-state index in [0.717, 1.165) is 67.7 Å². The number of amides is 1. The maximum atomic E-state index is 12.0. The van der Waals surface area contributed by atoms with Crippen LogP contribution in [0, 0.1) is 0 Å². The Morgan fingerprint density at radius 3 is 2.56 bits per heavy atom. The molecule has 0 unspecified atom stereocenters. The number of hydrogen-bond donors (Lipinski definition) is 4. The molecule has 0 radical (unpaired) electrons. The van der Waals surface area contributed by atoms with Crippen molar-refractivity contribution in [3.63, 3.8) is 0 Å². The molecule has 1 saturated carbocycles. The lowest BCUT2D eigenvalue weighted by Crippen LogP contribution is -3.28. The van der Waals surface area contributed by atoms with Crippen molar-refractivity contribution in [2.75, 3.05) is 39.8 Å². The zero-order chi connectivity index (χ0) is 18.8. The molecule has 1 aliphatic carbocycles. The van der Waals surface area contributed by atoms with E-state index < -0.39 is 0 Å². The minimum Gasteiger partial charge on any atom is -0.507 e. The van der Waals surface area contributed by atoms with E-state index in [2.05, 4.69) is 5.32 Å². The first-order chi connectivity index (χ1) is 13.1. The molecular formula is C21H29N3O3+2. The van der Waals surface area contributed by atoms with E-state index in [-0.39, 0.29) is 5.91 Å². The molecule has 27 heavy (non-hydrogen) atoms. The third kappa shape index (κ3) is 4.34. The van der Waals surface area contributed by atoms with Crippen LogP contribution in [0.3, 0.4) is 0 Å². The first-order valence-corrected chi connectivity index (χ1v) is 9.87. The number of phenolic OH excluding ortho intramolecular Hbond substituents is 1. The Morgan fingerprint density at radius 1 is 1.15 bits per heavy atom. The number of nitrogens with one attached hydrogen (secondary N) is 3. The fourth-order valence-electron chi connectivity index (χ4n) is 3.96. The number of aromatic hydroxyl groups is 1. The zero-order valence-corrected chi connectivity index (χ0v) is 15.9. The van der Waals surface area contributed by atoms with Gasteiger partial charge in [-0.25, -0.2) is 0 Å². The summed E-state index contributed by atoms with van der Waals surface area (Å²) in [5.41, 5.74) is 0.983. The average Bonchev–Trinajstić information content (AvgIpc) is 3.49. The average molecular weight is 371 g/mol. The van der Waals surface area contributed by atoms with E-state index in [1.807, 2.05) is 24.3 Å². The molecule has 1 heterocycles. The van der Waals surface area contributed by atoms with E-state index >= 15 is 0 Å². The predicted molar refractivity (Wildman–Crippen MR) is 103 cm³/mol. The molecule has 6 nitrogen and oxygen atoms in total. The highest BCUT2D eigenvalue weighted by Crippen LogP contribution is 2.29. The second-order valence-corrected chi connectivity index (χ2v) is 7.85. The van der Waals surface area contributed by atoms with E-state index in [9.17, 15) is 9.90 Å². The van der Waals surface area contributed by atoms with Gasteiger partial charge in [0, 0.05) is 6.04 Å². The number of rotatable bonds is 6. The Labute approximate surface area is 159 Å². The SMILES string of the molecule is COc1ccc2ccc(O)c(C[NH+]3CC[NH+](CC(=O)NC4CC4)CC3)c2c1. The van der Waals surface area contributed by atoms with Crippen molar-refractivity contribution in [3.05, 3.63) is 35.9 Å². The number of carbonyl (C=O) groups excluding carboxylic acids is 1. The largest absolute Gasteiger partial charge is 0.507 e. The fraction of sp³-hybridized carbons (Fsp3) is 0.476. The van der Waals surface area contributed by atoms with Gasteiger partial charge in [0.2, 0.25) is 0 Å². The van der Waals surface area contributed by atoms with Crippen LogP contribution in [0.4, 0.5) is 0 Å². The zero-order valence-electron chi connectivity index (χ0n) is 15.9. The fourth-order valence-corrected chi connectivity index (χ4v) is 3.96. The molecule has 2 aliphatic rings. The third-order valence-corrected chi connectivity index (χ3v) is 5.76. The van der Waals surface area contributed by atoms with Gasteiger partial charge in [-0.1, -0.05) is 12.1 Å². The summed E-state index contributed by atoms with van der Waals surface area (Å²) in [4.78, 5) is 14.8. The van der Waals surface area contributed by atoms with Crippen LogP contribution in [0.15, 0.2) is 30.3 Å². The van der Waals surface area contributed by atoms with Crippen molar-refractivity contribution < 1.29 is 24.4 Å². The molecule has 4 rings (SSSR count). The van der Waals surface area contributed by atoms with Gasteiger partial charge in [-0.15, -0.1) is 0 Å². The highest BCUT2D eigenvalue weighted by atomic mass is 16.5. The van der Waals surface area contributed by atoms with E-state index in [4.69, 9.17) is 4.74 Å². The van der Waals surface area contributed by atoms with Crippen LogP contribution in [0.5, 0.6) is 11.5 Å². The van der Waals surface area contributed by atoms with Crippen molar-refractivity contribution in [1.29, 1.82) is 0 Å². The molecule has 4 N–H and O–H groups in total. The van der Waals surface area contributed by atoms with Crippen LogP contribution in [-0.4, -0.2) is 56.9 Å². The van der Waals surface area contributed by atoms with Crippen LogP contribution >= 0.6 is 0 Å². The number of benzene rings is 2. The van der Waals surface area contributed by atoms with Crippen molar-refractivity contribution in [1.82, 2.24) is 5.32 Å². The van der Waals surface area contributed by atoms with Gasteiger partial charge in [-0.2, -0.15) is 0 Å². The van der Waals surface area contributed by atoms with Gasteiger partial charge in [0.15, 0.2) is 6.54 Å². The molecular weight excluding hydrogens is 342 g/mol. The second-order valence-electron chi connectivity index (χ2n) is 7.85. The van der Waals surface area contributed by atoms with Gasteiger partial charge in [0.1, 0.15) is 44.2 Å². The third-order valence-electron chi connectivity index (χ3n) is 5.76. The minimum absolute atomic E-state index is 0.190. The summed E-state index contributed by atoms with van der Waals surface area (Å²) in [5.74, 6) is 1.34. The number of ether oxygens (including phenoxy) is 1. The predicted octanol–water partition coefficient (Wildman–Crippen LogP) is -0.884. The van der Waals surface area contributed by atoms with Gasteiger partial charge in [0.25, 0.3) is 5.91 Å². The molecule has 1 saturated heterocycles. The number of hydrogen-bond acceptors (Lipinski definition) is 3. The molecule has 0 aromatic heterocycles. The minimum atomic E-state index is 0.190. The Hall–Kier alpha value is -2.31. The molecule has 2 aromatic carbocycles. The molecule has 2 aromatic rings.